The van der Waals surface area contributed by atoms with Gasteiger partial charge in [0.05, 0.1) is 0 Å². The Labute approximate surface area is 101 Å². The normalized spacial score (nSPS) is 25.2. The lowest BCUT2D eigenvalue weighted by molar-refractivity contribution is 0.216. The summed E-state index contributed by atoms with van der Waals surface area (Å²) >= 11 is 0. The Morgan fingerprint density at radius 3 is 2.50 bits per heavy atom. The zero-order valence-corrected chi connectivity index (χ0v) is 11.2. The fourth-order valence-electron chi connectivity index (χ4n) is 2.70. The fourth-order valence-corrected chi connectivity index (χ4v) is 2.70. The SMILES string of the molecule is CC#CCCC1CCCCC1CNC(C)C. The zero-order chi connectivity index (χ0) is 11.8. The van der Waals surface area contributed by atoms with Gasteiger partial charge >= 0.3 is 0 Å². The van der Waals surface area contributed by atoms with Crippen LogP contribution in [0, 0.1) is 23.7 Å². The average molecular weight is 221 g/mol. The molecule has 1 fully saturated rings. The van der Waals surface area contributed by atoms with E-state index >= 15 is 0 Å². The van der Waals surface area contributed by atoms with Crippen LogP contribution in [0.3, 0.4) is 0 Å². The lowest BCUT2D eigenvalue weighted by Gasteiger charge is -2.32. The van der Waals surface area contributed by atoms with Crippen molar-refractivity contribution in [2.75, 3.05) is 6.54 Å². The predicted octanol–water partition coefficient (Wildman–Crippen LogP) is 3.59. The Morgan fingerprint density at radius 1 is 1.19 bits per heavy atom. The molecule has 2 atom stereocenters. The summed E-state index contributed by atoms with van der Waals surface area (Å²) in [6.45, 7) is 7.63. The van der Waals surface area contributed by atoms with Crippen molar-refractivity contribution < 1.29 is 0 Å². The molecular formula is C15H27N. The van der Waals surface area contributed by atoms with Crippen LogP contribution in [-0.2, 0) is 0 Å². The molecule has 0 spiro atoms. The van der Waals surface area contributed by atoms with E-state index < -0.39 is 0 Å². The van der Waals surface area contributed by atoms with Crippen LogP contribution < -0.4 is 5.32 Å². The van der Waals surface area contributed by atoms with Crippen molar-refractivity contribution in [3.05, 3.63) is 0 Å². The van der Waals surface area contributed by atoms with Crippen molar-refractivity contribution in [3.8, 4) is 11.8 Å². The first-order chi connectivity index (χ1) is 7.74. The van der Waals surface area contributed by atoms with Gasteiger partial charge in [-0.3, -0.25) is 0 Å². The molecule has 0 radical (unpaired) electrons. The molecule has 16 heavy (non-hydrogen) atoms. The van der Waals surface area contributed by atoms with E-state index in [1.54, 1.807) is 0 Å². The Balaban J connectivity index is 2.33. The molecule has 1 aliphatic carbocycles. The van der Waals surface area contributed by atoms with Gasteiger partial charge in [-0.1, -0.05) is 33.1 Å². The third kappa shape index (κ3) is 5.03. The van der Waals surface area contributed by atoms with Gasteiger partial charge in [0.1, 0.15) is 0 Å². The summed E-state index contributed by atoms with van der Waals surface area (Å²) in [5.74, 6) is 8.03. The van der Waals surface area contributed by atoms with Crippen molar-refractivity contribution in [3.63, 3.8) is 0 Å². The van der Waals surface area contributed by atoms with E-state index in [0.29, 0.717) is 6.04 Å². The molecule has 2 unspecified atom stereocenters. The van der Waals surface area contributed by atoms with E-state index in [4.69, 9.17) is 0 Å². The van der Waals surface area contributed by atoms with Crippen molar-refractivity contribution >= 4 is 0 Å². The minimum Gasteiger partial charge on any atom is -0.314 e. The van der Waals surface area contributed by atoms with Crippen LogP contribution in [-0.4, -0.2) is 12.6 Å². The van der Waals surface area contributed by atoms with E-state index in [2.05, 4.69) is 31.0 Å². The van der Waals surface area contributed by atoms with E-state index in [9.17, 15) is 0 Å². The molecule has 0 bridgehead atoms. The maximum absolute atomic E-state index is 3.60. The van der Waals surface area contributed by atoms with Gasteiger partial charge in [-0.2, -0.15) is 0 Å². The second-order valence-electron chi connectivity index (χ2n) is 5.33. The van der Waals surface area contributed by atoms with Gasteiger partial charge in [-0.15, -0.1) is 11.8 Å². The Kier molecular flexibility index (Phi) is 6.57. The van der Waals surface area contributed by atoms with Gasteiger partial charge in [0.25, 0.3) is 0 Å². The molecule has 0 amide bonds. The van der Waals surface area contributed by atoms with Gasteiger partial charge in [-0.05, 0) is 38.1 Å². The molecule has 1 nitrogen and oxygen atoms in total. The highest BCUT2D eigenvalue weighted by atomic mass is 14.9. The van der Waals surface area contributed by atoms with E-state index in [0.717, 1.165) is 18.3 Å². The standard InChI is InChI=1S/C15H27N/c1-4-5-6-9-14-10-7-8-11-15(14)12-16-13(2)3/h13-16H,6-12H2,1-3H3. The first-order valence-corrected chi connectivity index (χ1v) is 6.87. The summed E-state index contributed by atoms with van der Waals surface area (Å²) in [4.78, 5) is 0. The molecule has 1 aliphatic rings. The van der Waals surface area contributed by atoms with Crippen LogP contribution in [0.15, 0.2) is 0 Å². The Hall–Kier alpha value is -0.480. The molecule has 0 aliphatic heterocycles. The second-order valence-corrected chi connectivity index (χ2v) is 5.33. The molecule has 1 rings (SSSR count). The van der Waals surface area contributed by atoms with Gasteiger partial charge in [0.15, 0.2) is 0 Å². The molecule has 1 N–H and O–H groups in total. The molecule has 1 heteroatoms. The summed E-state index contributed by atoms with van der Waals surface area (Å²) in [7, 11) is 0. The highest BCUT2D eigenvalue weighted by Gasteiger charge is 2.24. The molecule has 0 aromatic carbocycles. The van der Waals surface area contributed by atoms with Crippen LogP contribution in [0.5, 0.6) is 0 Å². The quantitative estimate of drug-likeness (QED) is 0.700. The molecule has 0 saturated heterocycles. The Bertz CT molecular complexity index is 234. The largest absolute Gasteiger partial charge is 0.314 e. The molecule has 0 aromatic rings. The maximum Gasteiger partial charge on any atom is 0.00913 e. The number of rotatable bonds is 5. The van der Waals surface area contributed by atoms with Crippen LogP contribution in [0.4, 0.5) is 0 Å². The minimum absolute atomic E-state index is 0.623. The van der Waals surface area contributed by atoms with Crippen LogP contribution in [0.2, 0.25) is 0 Å². The van der Waals surface area contributed by atoms with E-state index in [-0.39, 0.29) is 0 Å². The highest BCUT2D eigenvalue weighted by Crippen LogP contribution is 2.32. The van der Waals surface area contributed by atoms with Crippen molar-refractivity contribution in [1.82, 2.24) is 5.32 Å². The monoisotopic (exact) mass is 221 g/mol. The van der Waals surface area contributed by atoms with Crippen LogP contribution in [0.1, 0.15) is 59.3 Å². The average Bonchev–Trinajstić information content (AvgIpc) is 2.28. The number of hydrogen-bond acceptors (Lipinski definition) is 1. The van der Waals surface area contributed by atoms with Gasteiger partial charge in [-0.25, -0.2) is 0 Å². The third-order valence-electron chi connectivity index (χ3n) is 3.67. The molecular weight excluding hydrogens is 194 g/mol. The summed E-state index contributed by atoms with van der Waals surface area (Å²) in [6, 6.07) is 0.623. The summed E-state index contributed by atoms with van der Waals surface area (Å²) in [6.07, 6.45) is 8.12. The fraction of sp³-hybridized carbons (Fsp3) is 0.867. The number of hydrogen-bond donors (Lipinski definition) is 1. The smallest absolute Gasteiger partial charge is 0.00913 e. The Morgan fingerprint density at radius 2 is 1.88 bits per heavy atom. The first-order valence-electron chi connectivity index (χ1n) is 6.87. The summed E-state index contributed by atoms with van der Waals surface area (Å²) in [5.41, 5.74) is 0. The second kappa shape index (κ2) is 7.74. The van der Waals surface area contributed by atoms with Crippen molar-refractivity contribution in [2.45, 2.75) is 65.3 Å². The summed E-state index contributed by atoms with van der Waals surface area (Å²) in [5, 5.41) is 3.60. The number of nitrogens with one attached hydrogen (secondary N) is 1. The summed E-state index contributed by atoms with van der Waals surface area (Å²) < 4.78 is 0. The van der Waals surface area contributed by atoms with Gasteiger partial charge in [0, 0.05) is 12.5 Å². The van der Waals surface area contributed by atoms with Crippen molar-refractivity contribution in [1.29, 1.82) is 0 Å². The lowest BCUT2D eigenvalue weighted by atomic mass is 9.77. The molecule has 0 heterocycles. The van der Waals surface area contributed by atoms with Crippen LogP contribution in [0.25, 0.3) is 0 Å². The minimum atomic E-state index is 0.623. The topological polar surface area (TPSA) is 12.0 Å². The predicted molar refractivity (Wildman–Crippen MR) is 71.3 cm³/mol. The third-order valence-corrected chi connectivity index (χ3v) is 3.67. The highest BCUT2D eigenvalue weighted by molar-refractivity contribution is 4.95. The molecule has 1 saturated carbocycles. The van der Waals surface area contributed by atoms with E-state index in [1.165, 1.54) is 38.6 Å². The van der Waals surface area contributed by atoms with E-state index in [1.807, 2.05) is 6.92 Å². The van der Waals surface area contributed by atoms with Crippen LogP contribution >= 0.6 is 0 Å². The van der Waals surface area contributed by atoms with Crippen molar-refractivity contribution in [2.24, 2.45) is 11.8 Å². The molecule has 0 aromatic heterocycles. The maximum atomic E-state index is 3.60. The lowest BCUT2D eigenvalue weighted by Crippen LogP contribution is -2.34. The first kappa shape index (κ1) is 13.6. The van der Waals surface area contributed by atoms with Gasteiger partial charge in [0.2, 0.25) is 0 Å². The zero-order valence-electron chi connectivity index (χ0n) is 11.2. The van der Waals surface area contributed by atoms with Gasteiger partial charge < -0.3 is 5.32 Å². The molecule has 92 valence electrons.